The van der Waals surface area contributed by atoms with Crippen LogP contribution in [0, 0.1) is 0 Å². The average Bonchev–Trinajstić information content (AvgIpc) is 3.14. The highest BCUT2D eigenvalue weighted by Crippen LogP contribution is 2.07. The van der Waals surface area contributed by atoms with E-state index in [-0.39, 0.29) is 24.0 Å². The van der Waals surface area contributed by atoms with Gasteiger partial charge in [0.1, 0.15) is 0 Å². The Labute approximate surface area is 179 Å². The molecular formula is C20H32IN5O. The maximum absolute atomic E-state index is 5.35. The summed E-state index contributed by atoms with van der Waals surface area (Å²) in [6, 6.07) is 10.2. The van der Waals surface area contributed by atoms with E-state index in [9.17, 15) is 0 Å². The number of unbranched alkanes of at least 4 members (excludes halogenated alkanes) is 1. The minimum Gasteiger partial charge on any atom is -0.382 e. The Bertz CT molecular complexity index is 645. The summed E-state index contributed by atoms with van der Waals surface area (Å²) in [7, 11) is 0. The smallest absolute Gasteiger partial charge is 0.191 e. The van der Waals surface area contributed by atoms with Crippen molar-refractivity contribution in [3.8, 4) is 5.69 Å². The topological polar surface area (TPSA) is 63.5 Å². The molecule has 0 saturated heterocycles. The van der Waals surface area contributed by atoms with Crippen LogP contribution in [0.5, 0.6) is 0 Å². The van der Waals surface area contributed by atoms with Gasteiger partial charge in [0.05, 0.1) is 11.9 Å². The van der Waals surface area contributed by atoms with Crippen molar-refractivity contribution in [3.05, 3.63) is 48.3 Å². The van der Waals surface area contributed by atoms with Crippen LogP contribution >= 0.6 is 24.0 Å². The fraction of sp³-hybridized carbons (Fsp3) is 0.500. The summed E-state index contributed by atoms with van der Waals surface area (Å²) in [6.45, 7) is 8.21. The lowest BCUT2D eigenvalue weighted by Gasteiger charge is -2.10. The van der Waals surface area contributed by atoms with Crippen molar-refractivity contribution >= 4 is 29.9 Å². The van der Waals surface area contributed by atoms with Crippen LogP contribution in [0.25, 0.3) is 5.69 Å². The Morgan fingerprint density at radius 2 is 1.96 bits per heavy atom. The normalized spacial score (nSPS) is 11.1. The number of hydrogen-bond donors (Lipinski definition) is 2. The molecule has 6 nitrogen and oxygen atoms in total. The Balaban J connectivity index is 0.00000364. The molecule has 0 bridgehead atoms. The monoisotopic (exact) mass is 485 g/mol. The van der Waals surface area contributed by atoms with Crippen molar-refractivity contribution in [2.45, 2.75) is 33.1 Å². The lowest BCUT2D eigenvalue weighted by atomic mass is 10.2. The summed E-state index contributed by atoms with van der Waals surface area (Å²) in [4.78, 5) is 4.61. The molecule has 1 aromatic heterocycles. The predicted octanol–water partition coefficient (Wildman–Crippen LogP) is 3.40. The Morgan fingerprint density at radius 1 is 1.15 bits per heavy atom. The molecule has 1 heterocycles. The summed E-state index contributed by atoms with van der Waals surface area (Å²) in [5.41, 5.74) is 2.28. The van der Waals surface area contributed by atoms with Crippen LogP contribution in [0.3, 0.4) is 0 Å². The molecule has 27 heavy (non-hydrogen) atoms. The van der Waals surface area contributed by atoms with Gasteiger partial charge in [0, 0.05) is 39.0 Å². The zero-order valence-electron chi connectivity index (χ0n) is 16.4. The van der Waals surface area contributed by atoms with Gasteiger partial charge in [0.25, 0.3) is 0 Å². The molecule has 0 aliphatic rings. The van der Waals surface area contributed by atoms with Gasteiger partial charge in [-0.1, -0.05) is 18.2 Å². The number of para-hydroxylation sites is 1. The third-order valence-corrected chi connectivity index (χ3v) is 3.88. The molecule has 2 rings (SSSR count). The molecule has 1 aromatic carbocycles. The molecular weight excluding hydrogens is 453 g/mol. The first-order valence-electron chi connectivity index (χ1n) is 9.52. The zero-order valence-corrected chi connectivity index (χ0v) is 18.7. The highest BCUT2D eigenvalue weighted by molar-refractivity contribution is 14.0. The van der Waals surface area contributed by atoms with Gasteiger partial charge in [0.2, 0.25) is 0 Å². The van der Waals surface area contributed by atoms with Crippen LogP contribution in [0.2, 0.25) is 0 Å². The zero-order chi connectivity index (χ0) is 18.5. The fourth-order valence-electron chi connectivity index (χ4n) is 2.53. The number of ether oxygens (including phenoxy) is 1. The van der Waals surface area contributed by atoms with Crippen molar-refractivity contribution in [2.24, 2.45) is 4.99 Å². The lowest BCUT2D eigenvalue weighted by Crippen LogP contribution is -2.38. The van der Waals surface area contributed by atoms with Gasteiger partial charge < -0.3 is 15.4 Å². The largest absolute Gasteiger partial charge is 0.382 e. The van der Waals surface area contributed by atoms with E-state index in [1.807, 2.05) is 36.0 Å². The average molecular weight is 485 g/mol. The summed E-state index contributed by atoms with van der Waals surface area (Å²) in [5, 5.41) is 11.1. The predicted molar refractivity (Wildman–Crippen MR) is 122 cm³/mol. The first-order valence-corrected chi connectivity index (χ1v) is 9.52. The number of aliphatic imine (C=N–C) groups is 1. The number of nitrogens with zero attached hydrogens (tertiary/aromatic N) is 3. The van der Waals surface area contributed by atoms with E-state index in [4.69, 9.17) is 4.74 Å². The number of halogens is 1. The summed E-state index contributed by atoms with van der Waals surface area (Å²) in [6.07, 6.45) is 7.00. The molecule has 0 saturated carbocycles. The number of hydrogen-bond acceptors (Lipinski definition) is 3. The first-order chi connectivity index (χ1) is 12.8. The van der Waals surface area contributed by atoms with Gasteiger partial charge in [-0.25, -0.2) is 4.68 Å². The third kappa shape index (κ3) is 9.23. The Kier molecular flexibility index (Phi) is 12.5. The van der Waals surface area contributed by atoms with Crippen molar-refractivity contribution in [2.75, 3.05) is 32.8 Å². The van der Waals surface area contributed by atoms with Crippen molar-refractivity contribution in [1.82, 2.24) is 20.4 Å². The van der Waals surface area contributed by atoms with Crippen LogP contribution in [0.1, 0.15) is 32.3 Å². The van der Waals surface area contributed by atoms with E-state index in [2.05, 4.69) is 46.0 Å². The molecule has 0 fully saturated rings. The highest BCUT2D eigenvalue weighted by Gasteiger charge is 2.02. The van der Waals surface area contributed by atoms with Gasteiger partial charge in [-0.2, -0.15) is 5.10 Å². The minimum absolute atomic E-state index is 0. The first kappa shape index (κ1) is 23.4. The molecule has 0 aliphatic heterocycles. The van der Waals surface area contributed by atoms with Gasteiger partial charge in [-0.05, 0) is 50.8 Å². The molecule has 0 amide bonds. The van der Waals surface area contributed by atoms with E-state index in [0.717, 1.165) is 63.8 Å². The molecule has 2 N–H and O–H groups in total. The van der Waals surface area contributed by atoms with Crippen molar-refractivity contribution in [1.29, 1.82) is 0 Å². The van der Waals surface area contributed by atoms with E-state index >= 15 is 0 Å². The highest BCUT2D eigenvalue weighted by atomic mass is 127. The molecule has 150 valence electrons. The molecule has 0 atom stereocenters. The molecule has 0 unspecified atom stereocenters. The summed E-state index contributed by atoms with van der Waals surface area (Å²) < 4.78 is 7.26. The number of nitrogens with one attached hydrogen (secondary N) is 2. The maximum atomic E-state index is 5.35. The maximum Gasteiger partial charge on any atom is 0.191 e. The third-order valence-electron chi connectivity index (χ3n) is 3.88. The van der Waals surface area contributed by atoms with Crippen LogP contribution in [0.4, 0.5) is 0 Å². The number of aromatic nitrogens is 2. The molecule has 0 radical (unpaired) electrons. The number of guanidine groups is 1. The van der Waals surface area contributed by atoms with E-state index in [1.54, 1.807) is 0 Å². The van der Waals surface area contributed by atoms with Crippen molar-refractivity contribution in [3.63, 3.8) is 0 Å². The molecule has 7 heteroatoms. The number of rotatable bonds is 11. The Hall–Kier alpha value is -1.61. The van der Waals surface area contributed by atoms with E-state index in [0.29, 0.717) is 0 Å². The van der Waals surface area contributed by atoms with Crippen LogP contribution in [-0.4, -0.2) is 48.6 Å². The van der Waals surface area contributed by atoms with Crippen LogP contribution in [-0.2, 0) is 11.2 Å². The standard InChI is InChI=1S/C20H31N5O.HI/c1-3-21-20(22-13-8-9-15-26-4-2)23-14-12-18-16-24-25(17-18)19-10-6-5-7-11-19;/h5-7,10-11,16-17H,3-4,8-9,12-15H2,1-2H3,(H2,21,22,23);1H. The van der Waals surface area contributed by atoms with E-state index in [1.165, 1.54) is 5.56 Å². The second-order valence-electron chi connectivity index (χ2n) is 5.97. The van der Waals surface area contributed by atoms with Gasteiger partial charge in [-0.15, -0.1) is 24.0 Å². The second kappa shape index (κ2) is 14.4. The minimum atomic E-state index is 0. The number of benzene rings is 1. The summed E-state index contributed by atoms with van der Waals surface area (Å²) >= 11 is 0. The molecule has 0 aliphatic carbocycles. The molecule has 0 spiro atoms. The van der Waals surface area contributed by atoms with E-state index < -0.39 is 0 Å². The summed E-state index contributed by atoms with van der Waals surface area (Å²) in [5.74, 6) is 0.874. The van der Waals surface area contributed by atoms with Crippen molar-refractivity contribution < 1.29 is 4.74 Å². The van der Waals surface area contributed by atoms with Gasteiger partial charge in [0.15, 0.2) is 5.96 Å². The van der Waals surface area contributed by atoms with Gasteiger partial charge in [-0.3, -0.25) is 4.99 Å². The lowest BCUT2D eigenvalue weighted by molar-refractivity contribution is 0.144. The molecule has 2 aromatic rings. The second-order valence-corrected chi connectivity index (χ2v) is 5.97. The fourth-order valence-corrected chi connectivity index (χ4v) is 2.53. The SMILES string of the molecule is CCNC(=NCCCCOCC)NCCc1cnn(-c2ccccc2)c1.I. The van der Waals surface area contributed by atoms with Crippen LogP contribution in [0.15, 0.2) is 47.7 Å². The quantitative estimate of drug-likeness (QED) is 0.222. The Morgan fingerprint density at radius 3 is 2.70 bits per heavy atom. The van der Waals surface area contributed by atoms with Crippen LogP contribution < -0.4 is 10.6 Å². The van der Waals surface area contributed by atoms with Gasteiger partial charge >= 0.3 is 0 Å².